The fraction of sp³-hybridized carbons (Fsp3) is 0.583. The van der Waals surface area contributed by atoms with E-state index >= 15 is 0 Å². The van der Waals surface area contributed by atoms with Crippen molar-refractivity contribution in [2.75, 3.05) is 5.32 Å². The summed E-state index contributed by atoms with van der Waals surface area (Å²) in [6.45, 7) is 2.16. The Balaban J connectivity index is 1.95. The zero-order chi connectivity index (χ0) is 10.7. The Morgan fingerprint density at radius 3 is 2.80 bits per heavy atom. The van der Waals surface area contributed by atoms with Gasteiger partial charge in [0.05, 0.1) is 0 Å². The molecule has 0 radical (unpaired) electrons. The van der Waals surface area contributed by atoms with E-state index < -0.39 is 5.95 Å². The largest absolute Gasteiger partial charge is 0.367 e. The van der Waals surface area contributed by atoms with E-state index in [1.54, 1.807) is 6.07 Å². The Kier molecular flexibility index (Phi) is 3.19. The lowest BCUT2D eigenvalue weighted by molar-refractivity contribution is 0.480. The first-order valence-corrected chi connectivity index (χ1v) is 5.65. The summed E-state index contributed by atoms with van der Waals surface area (Å²) in [6, 6.07) is 5.26. The molecule has 1 atom stereocenters. The maximum Gasteiger partial charge on any atom is 0.214 e. The minimum atomic E-state index is -0.418. The van der Waals surface area contributed by atoms with Gasteiger partial charge in [0.15, 0.2) is 0 Å². The van der Waals surface area contributed by atoms with E-state index in [-0.39, 0.29) is 0 Å². The van der Waals surface area contributed by atoms with Gasteiger partial charge >= 0.3 is 0 Å². The molecule has 1 N–H and O–H groups in total. The third-order valence-corrected chi connectivity index (χ3v) is 3.20. The van der Waals surface area contributed by atoms with Crippen LogP contribution in [0.25, 0.3) is 0 Å². The molecule has 15 heavy (non-hydrogen) atoms. The number of hydrogen-bond donors (Lipinski definition) is 1. The van der Waals surface area contributed by atoms with Gasteiger partial charge in [0.25, 0.3) is 0 Å². The second-order valence-corrected chi connectivity index (χ2v) is 4.32. The molecule has 1 fully saturated rings. The van der Waals surface area contributed by atoms with Crippen LogP contribution in [0.5, 0.6) is 0 Å². The van der Waals surface area contributed by atoms with Crippen LogP contribution in [0.1, 0.15) is 32.6 Å². The molecular weight excluding hydrogens is 191 g/mol. The van der Waals surface area contributed by atoms with E-state index in [4.69, 9.17) is 0 Å². The van der Waals surface area contributed by atoms with Crippen LogP contribution < -0.4 is 5.32 Å². The van der Waals surface area contributed by atoms with Gasteiger partial charge in [-0.2, -0.15) is 4.39 Å². The molecular formula is C12H17FN2. The summed E-state index contributed by atoms with van der Waals surface area (Å²) in [7, 11) is 0. The van der Waals surface area contributed by atoms with Crippen molar-refractivity contribution in [3.8, 4) is 0 Å². The first-order chi connectivity index (χ1) is 7.25. The predicted octanol–water partition coefficient (Wildman–Crippen LogP) is 3.21. The number of rotatable bonds is 3. The van der Waals surface area contributed by atoms with E-state index in [1.807, 2.05) is 6.07 Å². The number of aromatic nitrogens is 1. The van der Waals surface area contributed by atoms with E-state index in [0.29, 0.717) is 11.9 Å². The summed E-state index contributed by atoms with van der Waals surface area (Å²) >= 11 is 0. The monoisotopic (exact) mass is 208 g/mol. The van der Waals surface area contributed by atoms with Crippen LogP contribution in [0.2, 0.25) is 0 Å². The quantitative estimate of drug-likeness (QED) is 0.771. The van der Waals surface area contributed by atoms with Crippen molar-refractivity contribution in [3.05, 3.63) is 24.1 Å². The lowest BCUT2D eigenvalue weighted by Crippen LogP contribution is -2.24. The van der Waals surface area contributed by atoms with E-state index in [1.165, 1.54) is 31.7 Å². The Hall–Kier alpha value is -1.12. The fourth-order valence-corrected chi connectivity index (χ4v) is 2.30. The van der Waals surface area contributed by atoms with Gasteiger partial charge in [-0.1, -0.05) is 18.9 Å². The molecule has 1 aromatic rings. The standard InChI is InChI=1S/C12H17FN2/c1-9(10-5-2-3-6-10)14-12-8-4-7-11(13)15-12/h4,7-10H,2-3,5-6H2,1H3,(H,14,15). The molecule has 2 rings (SSSR count). The number of nitrogens with one attached hydrogen (secondary N) is 1. The molecule has 1 aromatic heterocycles. The Bertz CT molecular complexity index is 321. The van der Waals surface area contributed by atoms with Crippen molar-refractivity contribution in [3.63, 3.8) is 0 Å². The van der Waals surface area contributed by atoms with E-state index in [2.05, 4.69) is 17.2 Å². The van der Waals surface area contributed by atoms with Crippen LogP contribution in [0.4, 0.5) is 10.2 Å². The van der Waals surface area contributed by atoms with Crippen LogP contribution in [0.3, 0.4) is 0 Å². The highest BCUT2D eigenvalue weighted by Gasteiger charge is 2.21. The van der Waals surface area contributed by atoms with Gasteiger partial charge in [-0.15, -0.1) is 0 Å². The molecule has 1 heterocycles. The summed E-state index contributed by atoms with van der Waals surface area (Å²) in [6.07, 6.45) is 5.22. The second-order valence-electron chi connectivity index (χ2n) is 4.32. The van der Waals surface area contributed by atoms with Gasteiger partial charge in [-0.05, 0) is 37.8 Å². The van der Waals surface area contributed by atoms with Gasteiger partial charge in [-0.25, -0.2) is 4.98 Å². The number of pyridine rings is 1. The maximum atomic E-state index is 12.8. The Morgan fingerprint density at radius 1 is 1.40 bits per heavy atom. The second kappa shape index (κ2) is 4.60. The molecule has 2 nitrogen and oxygen atoms in total. The van der Waals surface area contributed by atoms with Gasteiger partial charge in [-0.3, -0.25) is 0 Å². The lowest BCUT2D eigenvalue weighted by atomic mass is 10.00. The average Bonchev–Trinajstić information content (AvgIpc) is 2.70. The SMILES string of the molecule is CC(Nc1cccc(F)n1)C1CCCC1. The van der Waals surface area contributed by atoms with Crippen molar-refractivity contribution in [2.24, 2.45) is 5.92 Å². The first kappa shape index (κ1) is 10.4. The van der Waals surface area contributed by atoms with Gasteiger partial charge in [0.1, 0.15) is 5.82 Å². The molecule has 0 spiro atoms. The van der Waals surface area contributed by atoms with Crippen molar-refractivity contribution in [1.29, 1.82) is 0 Å². The normalized spacial score (nSPS) is 19.1. The third-order valence-electron chi connectivity index (χ3n) is 3.20. The molecule has 1 unspecified atom stereocenters. The topological polar surface area (TPSA) is 24.9 Å². The van der Waals surface area contributed by atoms with Crippen LogP contribution in [-0.2, 0) is 0 Å². The molecule has 82 valence electrons. The van der Waals surface area contributed by atoms with Gasteiger partial charge in [0.2, 0.25) is 5.95 Å². The Labute approximate surface area is 89.9 Å². The van der Waals surface area contributed by atoms with Crippen LogP contribution in [-0.4, -0.2) is 11.0 Å². The molecule has 0 saturated heterocycles. The van der Waals surface area contributed by atoms with Crippen LogP contribution in [0, 0.1) is 11.9 Å². The molecule has 1 saturated carbocycles. The summed E-state index contributed by atoms with van der Waals surface area (Å²) in [4.78, 5) is 3.81. The molecule has 0 aromatic carbocycles. The smallest absolute Gasteiger partial charge is 0.214 e. The fourth-order valence-electron chi connectivity index (χ4n) is 2.30. The van der Waals surface area contributed by atoms with Crippen molar-refractivity contribution in [1.82, 2.24) is 4.98 Å². The predicted molar refractivity (Wildman–Crippen MR) is 59.2 cm³/mol. The first-order valence-electron chi connectivity index (χ1n) is 5.65. The van der Waals surface area contributed by atoms with Gasteiger partial charge < -0.3 is 5.32 Å². The summed E-state index contributed by atoms with van der Waals surface area (Å²) in [5, 5.41) is 3.27. The third kappa shape index (κ3) is 2.67. The molecule has 1 aliphatic carbocycles. The zero-order valence-corrected chi connectivity index (χ0v) is 9.04. The highest BCUT2D eigenvalue weighted by molar-refractivity contribution is 5.34. The zero-order valence-electron chi connectivity index (χ0n) is 9.04. The number of anilines is 1. The minimum absolute atomic E-state index is 0.391. The molecule has 0 bridgehead atoms. The number of nitrogens with zero attached hydrogens (tertiary/aromatic N) is 1. The van der Waals surface area contributed by atoms with E-state index in [0.717, 1.165) is 5.92 Å². The van der Waals surface area contributed by atoms with Gasteiger partial charge in [0, 0.05) is 6.04 Å². The van der Waals surface area contributed by atoms with Crippen molar-refractivity contribution >= 4 is 5.82 Å². The minimum Gasteiger partial charge on any atom is -0.367 e. The molecule has 0 aliphatic heterocycles. The van der Waals surface area contributed by atoms with Crippen LogP contribution >= 0.6 is 0 Å². The molecule has 0 amide bonds. The highest BCUT2D eigenvalue weighted by Crippen LogP contribution is 2.28. The maximum absolute atomic E-state index is 12.8. The lowest BCUT2D eigenvalue weighted by Gasteiger charge is -2.20. The Morgan fingerprint density at radius 2 is 2.13 bits per heavy atom. The number of halogens is 1. The van der Waals surface area contributed by atoms with E-state index in [9.17, 15) is 4.39 Å². The summed E-state index contributed by atoms with van der Waals surface area (Å²) < 4.78 is 12.8. The number of hydrogen-bond acceptors (Lipinski definition) is 2. The molecule has 1 aliphatic rings. The molecule has 3 heteroatoms. The van der Waals surface area contributed by atoms with Crippen molar-refractivity contribution < 1.29 is 4.39 Å². The summed E-state index contributed by atoms with van der Waals surface area (Å²) in [5.74, 6) is 0.947. The van der Waals surface area contributed by atoms with Crippen LogP contribution in [0.15, 0.2) is 18.2 Å². The average molecular weight is 208 g/mol. The highest BCUT2D eigenvalue weighted by atomic mass is 19.1. The summed E-state index contributed by atoms with van der Waals surface area (Å²) in [5.41, 5.74) is 0. The van der Waals surface area contributed by atoms with Crippen molar-refractivity contribution in [2.45, 2.75) is 38.6 Å².